The number of aromatic nitrogens is 1. The average molecular weight is 895 g/mol. The van der Waals surface area contributed by atoms with Crippen LogP contribution in [0.25, 0.3) is 113 Å². The molecule has 0 unspecified atom stereocenters. The summed E-state index contributed by atoms with van der Waals surface area (Å²) in [6, 6.07) is 93.7. The number of anilines is 3. The first kappa shape index (κ1) is 39.4. The maximum absolute atomic E-state index is 2.42. The molecule has 0 radical (unpaired) electrons. The normalized spacial score (nSPS) is 11.8. The maximum atomic E-state index is 2.42. The Hall–Kier alpha value is -8.76. The maximum Gasteiger partial charge on any atom is 0.0541 e. The quantitative estimate of drug-likeness (QED) is 0.145. The van der Waals surface area contributed by atoms with Gasteiger partial charge in [-0.2, -0.15) is 0 Å². The van der Waals surface area contributed by atoms with Gasteiger partial charge in [-0.25, -0.2) is 0 Å². The van der Waals surface area contributed by atoms with Crippen LogP contribution in [0.4, 0.5) is 17.1 Å². The molecule has 0 aliphatic heterocycles. The first-order chi connectivity index (χ1) is 34.2. The van der Waals surface area contributed by atoms with E-state index in [0.29, 0.717) is 0 Å². The van der Waals surface area contributed by atoms with Crippen LogP contribution in [0, 0.1) is 0 Å². The number of thiophene rings is 1. The summed E-state index contributed by atoms with van der Waals surface area (Å²) < 4.78 is 5.09. The molecule has 322 valence electrons. The minimum absolute atomic E-state index is 1.08. The van der Waals surface area contributed by atoms with E-state index in [9.17, 15) is 0 Å². The highest BCUT2D eigenvalue weighted by Gasteiger charge is 2.19. The van der Waals surface area contributed by atoms with Gasteiger partial charge < -0.3 is 9.47 Å². The molecule has 2 aromatic heterocycles. The van der Waals surface area contributed by atoms with Crippen molar-refractivity contribution < 1.29 is 0 Å². The molecule has 0 aliphatic carbocycles. The van der Waals surface area contributed by atoms with E-state index in [-0.39, 0.29) is 0 Å². The van der Waals surface area contributed by atoms with Crippen LogP contribution in [0.2, 0.25) is 0 Å². The van der Waals surface area contributed by atoms with Crippen molar-refractivity contribution in [2.45, 2.75) is 0 Å². The Bertz CT molecular complexity index is 4260. The van der Waals surface area contributed by atoms with Crippen LogP contribution < -0.4 is 4.90 Å². The van der Waals surface area contributed by atoms with Crippen molar-refractivity contribution in [2.24, 2.45) is 0 Å². The van der Waals surface area contributed by atoms with Gasteiger partial charge >= 0.3 is 0 Å². The summed E-state index contributed by atoms with van der Waals surface area (Å²) in [5.41, 5.74) is 14.0. The summed E-state index contributed by atoms with van der Waals surface area (Å²) in [6.45, 7) is 0. The Labute approximate surface area is 403 Å². The summed E-state index contributed by atoms with van der Waals surface area (Å²) in [7, 11) is 0. The third-order valence-electron chi connectivity index (χ3n) is 14.2. The van der Waals surface area contributed by atoms with Gasteiger partial charge in [0.2, 0.25) is 0 Å². The number of para-hydroxylation sites is 3. The molecule has 0 spiro atoms. The minimum atomic E-state index is 1.08. The second-order valence-electron chi connectivity index (χ2n) is 18.0. The lowest BCUT2D eigenvalue weighted by molar-refractivity contribution is 1.18. The van der Waals surface area contributed by atoms with Crippen LogP contribution in [0.1, 0.15) is 0 Å². The highest BCUT2D eigenvalue weighted by molar-refractivity contribution is 7.27. The second kappa shape index (κ2) is 16.0. The highest BCUT2D eigenvalue weighted by Crippen LogP contribution is 2.45. The van der Waals surface area contributed by atoms with Crippen molar-refractivity contribution in [3.05, 3.63) is 255 Å². The zero-order chi connectivity index (χ0) is 45.4. The van der Waals surface area contributed by atoms with Crippen molar-refractivity contribution in [1.82, 2.24) is 4.57 Å². The average Bonchev–Trinajstić information content (AvgIpc) is 3.98. The second-order valence-corrected chi connectivity index (χ2v) is 19.1. The van der Waals surface area contributed by atoms with Gasteiger partial charge in [-0.1, -0.05) is 194 Å². The lowest BCUT2D eigenvalue weighted by atomic mass is 9.96. The van der Waals surface area contributed by atoms with E-state index in [1.807, 2.05) is 11.3 Å². The predicted molar refractivity (Wildman–Crippen MR) is 297 cm³/mol. The molecule has 0 amide bonds. The first-order valence-corrected chi connectivity index (χ1v) is 24.5. The summed E-state index contributed by atoms with van der Waals surface area (Å²) in [6.07, 6.45) is 0. The molecule has 69 heavy (non-hydrogen) atoms. The number of fused-ring (bicyclic) bond motifs is 11. The van der Waals surface area contributed by atoms with Crippen molar-refractivity contribution in [1.29, 1.82) is 0 Å². The topological polar surface area (TPSA) is 8.17 Å². The van der Waals surface area contributed by atoms with E-state index in [0.717, 1.165) is 28.3 Å². The van der Waals surface area contributed by atoms with E-state index < -0.39 is 0 Å². The molecule has 0 saturated heterocycles. The standard InChI is InChI=1S/C66H42N2S/c1-3-17-53-43(13-1)27-28-47-29-30-49(42-61(47)53)48-15-11-16-52(41-48)67(51-38-33-46(34-39-51)56-22-12-23-59-60-40-35-44-14-2-4-19-55(44)66(60)69-65(56)59)50-36-31-45(32-37-50)54-18-5-8-24-62(54)68-63-25-9-6-20-57(63)58-21-7-10-26-64(58)68/h1-42H. The summed E-state index contributed by atoms with van der Waals surface area (Å²) >= 11 is 1.91. The summed E-state index contributed by atoms with van der Waals surface area (Å²) in [5.74, 6) is 0. The third kappa shape index (κ3) is 6.47. The van der Waals surface area contributed by atoms with Crippen molar-refractivity contribution >= 4 is 103 Å². The molecule has 14 rings (SSSR count). The van der Waals surface area contributed by atoms with Crippen LogP contribution in [-0.2, 0) is 0 Å². The van der Waals surface area contributed by atoms with Gasteiger partial charge in [-0.15, -0.1) is 11.3 Å². The Morgan fingerprint density at radius 1 is 0.275 bits per heavy atom. The fourth-order valence-electron chi connectivity index (χ4n) is 10.9. The smallest absolute Gasteiger partial charge is 0.0541 e. The molecule has 12 aromatic carbocycles. The molecule has 2 heterocycles. The molecular formula is C66H42N2S. The Morgan fingerprint density at radius 3 is 1.51 bits per heavy atom. The fraction of sp³-hybridized carbons (Fsp3) is 0. The zero-order valence-corrected chi connectivity index (χ0v) is 38.4. The number of rotatable bonds is 7. The van der Waals surface area contributed by atoms with E-state index in [1.54, 1.807) is 0 Å². The third-order valence-corrected chi connectivity index (χ3v) is 15.5. The number of nitrogens with zero attached hydrogens (tertiary/aromatic N) is 2. The number of benzene rings is 12. The minimum Gasteiger partial charge on any atom is -0.310 e. The monoisotopic (exact) mass is 894 g/mol. The van der Waals surface area contributed by atoms with Gasteiger partial charge in [-0.05, 0) is 121 Å². The molecule has 0 aliphatic rings. The SMILES string of the molecule is c1cc(-c2ccc3ccc4ccccc4c3c2)cc(N(c2ccc(-c3ccccc3-n3c4ccccc4c4ccccc43)cc2)c2ccc(-c3cccc4c3sc3c5ccccc5ccc43)cc2)c1. The van der Waals surface area contributed by atoms with Gasteiger partial charge in [0, 0.05) is 53.6 Å². The number of hydrogen-bond donors (Lipinski definition) is 0. The molecular weight excluding hydrogens is 853 g/mol. The Morgan fingerprint density at radius 2 is 0.768 bits per heavy atom. The van der Waals surface area contributed by atoms with Crippen LogP contribution in [0.15, 0.2) is 255 Å². The van der Waals surface area contributed by atoms with Crippen LogP contribution in [0.5, 0.6) is 0 Å². The molecule has 14 aromatic rings. The van der Waals surface area contributed by atoms with Gasteiger partial charge in [0.25, 0.3) is 0 Å². The molecule has 0 saturated carbocycles. The van der Waals surface area contributed by atoms with Gasteiger partial charge in [-0.3, -0.25) is 0 Å². The molecule has 0 bridgehead atoms. The molecule has 0 fully saturated rings. The number of hydrogen-bond acceptors (Lipinski definition) is 2. The van der Waals surface area contributed by atoms with Crippen molar-refractivity contribution in [3.8, 4) is 39.1 Å². The molecule has 3 heteroatoms. The first-order valence-electron chi connectivity index (χ1n) is 23.7. The van der Waals surface area contributed by atoms with Gasteiger partial charge in [0.05, 0.1) is 16.7 Å². The summed E-state index contributed by atoms with van der Waals surface area (Å²) in [4.78, 5) is 2.40. The fourth-order valence-corrected chi connectivity index (χ4v) is 12.3. The largest absolute Gasteiger partial charge is 0.310 e. The van der Waals surface area contributed by atoms with Gasteiger partial charge in [0.15, 0.2) is 0 Å². The van der Waals surface area contributed by atoms with E-state index in [1.165, 1.54) is 102 Å². The lowest BCUT2D eigenvalue weighted by Gasteiger charge is -2.26. The van der Waals surface area contributed by atoms with E-state index >= 15 is 0 Å². The van der Waals surface area contributed by atoms with Crippen LogP contribution in [0.3, 0.4) is 0 Å². The molecule has 0 N–H and O–H groups in total. The predicted octanol–water partition coefficient (Wildman–Crippen LogP) is 19.1. The molecule has 0 atom stereocenters. The van der Waals surface area contributed by atoms with Crippen LogP contribution >= 0.6 is 11.3 Å². The molecule has 2 nitrogen and oxygen atoms in total. The van der Waals surface area contributed by atoms with Crippen molar-refractivity contribution in [3.63, 3.8) is 0 Å². The highest BCUT2D eigenvalue weighted by atomic mass is 32.1. The van der Waals surface area contributed by atoms with Crippen molar-refractivity contribution in [2.75, 3.05) is 4.90 Å². The Kier molecular flexibility index (Phi) is 9.11. The Balaban J connectivity index is 0.894. The summed E-state index contributed by atoms with van der Waals surface area (Å²) in [5, 5.41) is 12.8. The van der Waals surface area contributed by atoms with E-state index in [4.69, 9.17) is 0 Å². The van der Waals surface area contributed by atoms with Crippen LogP contribution in [-0.4, -0.2) is 4.57 Å². The zero-order valence-electron chi connectivity index (χ0n) is 37.6. The lowest BCUT2D eigenvalue weighted by Crippen LogP contribution is -2.10. The van der Waals surface area contributed by atoms with E-state index in [2.05, 4.69) is 264 Å². The van der Waals surface area contributed by atoms with Gasteiger partial charge in [0.1, 0.15) is 0 Å².